The van der Waals surface area contributed by atoms with Gasteiger partial charge in [0.1, 0.15) is 5.82 Å². The lowest BCUT2D eigenvalue weighted by Gasteiger charge is -2.02. The molecule has 0 aromatic heterocycles. The van der Waals surface area contributed by atoms with Crippen LogP contribution >= 0.6 is 31.9 Å². The zero-order valence-electron chi connectivity index (χ0n) is 6.69. The topological polar surface area (TPSA) is 17.1 Å². The van der Waals surface area contributed by atoms with Crippen molar-refractivity contribution in [1.82, 2.24) is 0 Å². The van der Waals surface area contributed by atoms with Crippen LogP contribution in [0.4, 0.5) is 4.39 Å². The molecule has 0 spiro atoms. The molecule has 0 bridgehead atoms. The second-order valence-corrected chi connectivity index (χ2v) is 4.11. The van der Waals surface area contributed by atoms with E-state index in [9.17, 15) is 9.18 Å². The highest BCUT2D eigenvalue weighted by atomic mass is 79.9. The largest absolute Gasteiger partial charge is 0.294 e. The zero-order chi connectivity index (χ0) is 9.84. The Bertz CT molecular complexity index is 305. The molecule has 0 amide bonds. The van der Waals surface area contributed by atoms with E-state index < -0.39 is 5.82 Å². The fraction of sp³-hybridized carbons (Fsp3) is 0.222. The fourth-order valence-corrected chi connectivity index (χ4v) is 1.90. The average Bonchev–Trinajstić information content (AvgIpc) is 2.04. The molecule has 13 heavy (non-hydrogen) atoms. The van der Waals surface area contributed by atoms with Crippen LogP contribution in [-0.4, -0.2) is 11.1 Å². The van der Waals surface area contributed by atoms with E-state index in [2.05, 4.69) is 31.9 Å². The van der Waals surface area contributed by atoms with E-state index in [4.69, 9.17) is 0 Å². The highest BCUT2D eigenvalue weighted by Gasteiger charge is 2.13. The number of alkyl halides is 1. The number of hydrogen-bond acceptors (Lipinski definition) is 1. The molecule has 0 aliphatic rings. The van der Waals surface area contributed by atoms with Crippen molar-refractivity contribution < 1.29 is 9.18 Å². The molecule has 0 radical (unpaired) electrons. The lowest BCUT2D eigenvalue weighted by Crippen LogP contribution is -2.03. The summed E-state index contributed by atoms with van der Waals surface area (Å²) in [6, 6.07) is 4.50. The van der Waals surface area contributed by atoms with Gasteiger partial charge >= 0.3 is 0 Å². The van der Waals surface area contributed by atoms with Crippen LogP contribution in [0.2, 0.25) is 0 Å². The van der Waals surface area contributed by atoms with Crippen molar-refractivity contribution >= 4 is 37.6 Å². The van der Waals surface area contributed by atoms with E-state index in [-0.39, 0.29) is 11.3 Å². The van der Waals surface area contributed by atoms with E-state index in [1.807, 2.05) is 0 Å². The van der Waals surface area contributed by atoms with E-state index in [1.165, 1.54) is 6.07 Å². The molecule has 0 N–H and O–H groups in total. The normalized spacial score (nSPS) is 10.1. The highest BCUT2D eigenvalue weighted by molar-refractivity contribution is 9.10. The van der Waals surface area contributed by atoms with E-state index in [0.29, 0.717) is 16.2 Å². The van der Waals surface area contributed by atoms with Crippen molar-refractivity contribution in [3.63, 3.8) is 0 Å². The number of carbonyl (C=O) groups excluding carboxylic acids is 1. The molecule has 0 aliphatic heterocycles. The maximum atomic E-state index is 13.2. The summed E-state index contributed by atoms with van der Waals surface area (Å²) in [6.07, 6.45) is 0.305. The molecule has 1 aromatic rings. The summed E-state index contributed by atoms with van der Waals surface area (Å²) in [5, 5.41) is 0.548. The molecule has 0 saturated carbocycles. The van der Waals surface area contributed by atoms with Gasteiger partial charge in [0.2, 0.25) is 0 Å². The van der Waals surface area contributed by atoms with Crippen LogP contribution in [-0.2, 0) is 0 Å². The minimum atomic E-state index is -0.472. The first kappa shape index (κ1) is 10.9. The van der Waals surface area contributed by atoms with Crippen molar-refractivity contribution in [2.75, 3.05) is 5.33 Å². The second-order valence-electron chi connectivity index (χ2n) is 2.46. The van der Waals surface area contributed by atoms with Crippen molar-refractivity contribution in [2.24, 2.45) is 0 Å². The van der Waals surface area contributed by atoms with Gasteiger partial charge in [-0.1, -0.05) is 22.0 Å². The third-order valence-corrected chi connectivity index (χ3v) is 2.62. The summed E-state index contributed by atoms with van der Waals surface area (Å²) < 4.78 is 13.7. The molecule has 70 valence electrons. The summed E-state index contributed by atoms with van der Waals surface area (Å²) in [5.41, 5.74) is 0.141. The summed E-state index contributed by atoms with van der Waals surface area (Å²) in [7, 11) is 0. The summed E-state index contributed by atoms with van der Waals surface area (Å²) >= 11 is 6.28. The highest BCUT2D eigenvalue weighted by Crippen LogP contribution is 2.21. The Morgan fingerprint density at radius 2 is 2.15 bits per heavy atom. The van der Waals surface area contributed by atoms with E-state index in [1.54, 1.807) is 12.1 Å². The Balaban J connectivity index is 3.05. The molecule has 0 fully saturated rings. The molecule has 0 heterocycles. The number of Topliss-reactive ketones (excluding diaryl/α,β-unsaturated/α-hetero) is 1. The Morgan fingerprint density at radius 3 is 2.69 bits per heavy atom. The number of rotatable bonds is 3. The van der Waals surface area contributed by atoms with Crippen LogP contribution in [0.3, 0.4) is 0 Å². The lowest BCUT2D eigenvalue weighted by atomic mass is 10.1. The first-order chi connectivity index (χ1) is 6.16. The smallest absolute Gasteiger partial charge is 0.167 e. The van der Waals surface area contributed by atoms with Crippen LogP contribution in [0, 0.1) is 5.82 Å². The quantitative estimate of drug-likeness (QED) is 0.616. The van der Waals surface area contributed by atoms with Crippen LogP contribution < -0.4 is 0 Å². The first-order valence-electron chi connectivity index (χ1n) is 3.70. The van der Waals surface area contributed by atoms with Gasteiger partial charge in [-0.3, -0.25) is 4.79 Å². The van der Waals surface area contributed by atoms with Gasteiger partial charge in [0.25, 0.3) is 0 Å². The maximum Gasteiger partial charge on any atom is 0.167 e. The predicted octanol–water partition coefficient (Wildman–Crippen LogP) is 3.56. The minimum absolute atomic E-state index is 0.141. The number of hydrogen-bond donors (Lipinski definition) is 0. The van der Waals surface area contributed by atoms with Gasteiger partial charge in [0.05, 0.1) is 5.56 Å². The van der Waals surface area contributed by atoms with Gasteiger partial charge in [0, 0.05) is 16.2 Å². The third kappa shape index (κ3) is 2.61. The minimum Gasteiger partial charge on any atom is -0.294 e. The van der Waals surface area contributed by atoms with Gasteiger partial charge in [-0.05, 0) is 28.1 Å². The van der Waals surface area contributed by atoms with Crippen LogP contribution in [0.5, 0.6) is 0 Å². The first-order valence-corrected chi connectivity index (χ1v) is 5.61. The van der Waals surface area contributed by atoms with Crippen molar-refractivity contribution in [3.05, 3.63) is 34.1 Å². The van der Waals surface area contributed by atoms with Gasteiger partial charge in [0.15, 0.2) is 5.78 Å². The standard InChI is InChI=1S/C9H7Br2FO/c10-5-4-8(13)9-6(11)2-1-3-7(9)12/h1-3H,4-5H2. The molecular formula is C9H7Br2FO. The fourth-order valence-electron chi connectivity index (χ4n) is 0.975. The van der Waals surface area contributed by atoms with Gasteiger partial charge in [-0.15, -0.1) is 0 Å². The van der Waals surface area contributed by atoms with Crippen molar-refractivity contribution in [2.45, 2.75) is 6.42 Å². The Labute approximate surface area is 92.6 Å². The summed E-state index contributed by atoms with van der Waals surface area (Å²) in [5.74, 6) is -0.665. The number of halogens is 3. The molecule has 1 nitrogen and oxygen atoms in total. The van der Waals surface area contributed by atoms with Crippen molar-refractivity contribution in [1.29, 1.82) is 0 Å². The van der Waals surface area contributed by atoms with E-state index >= 15 is 0 Å². The average molecular weight is 310 g/mol. The molecule has 0 aliphatic carbocycles. The zero-order valence-corrected chi connectivity index (χ0v) is 9.86. The monoisotopic (exact) mass is 308 g/mol. The second kappa shape index (κ2) is 4.86. The third-order valence-electron chi connectivity index (χ3n) is 1.56. The Hall–Kier alpha value is -0.220. The van der Waals surface area contributed by atoms with Crippen molar-refractivity contribution in [3.8, 4) is 0 Å². The summed E-state index contributed by atoms with van der Waals surface area (Å²) in [4.78, 5) is 11.4. The number of carbonyl (C=O) groups is 1. The molecule has 0 saturated heterocycles. The molecule has 1 rings (SSSR count). The van der Waals surface area contributed by atoms with Crippen LogP contribution in [0.15, 0.2) is 22.7 Å². The SMILES string of the molecule is O=C(CCBr)c1c(F)cccc1Br. The van der Waals surface area contributed by atoms with Crippen LogP contribution in [0.25, 0.3) is 0 Å². The van der Waals surface area contributed by atoms with Gasteiger partial charge in [-0.25, -0.2) is 4.39 Å². The number of ketones is 1. The molecule has 4 heteroatoms. The lowest BCUT2D eigenvalue weighted by molar-refractivity contribution is 0.0985. The molecule has 1 aromatic carbocycles. The Kier molecular flexibility index (Phi) is 4.06. The molecule has 0 unspecified atom stereocenters. The van der Waals surface area contributed by atoms with E-state index in [0.717, 1.165) is 0 Å². The maximum absolute atomic E-state index is 13.2. The Morgan fingerprint density at radius 1 is 1.46 bits per heavy atom. The predicted molar refractivity (Wildman–Crippen MR) is 56.8 cm³/mol. The molecular weight excluding hydrogens is 303 g/mol. The van der Waals surface area contributed by atoms with Gasteiger partial charge in [-0.2, -0.15) is 0 Å². The molecule has 0 atom stereocenters. The summed E-state index contributed by atoms with van der Waals surface area (Å²) in [6.45, 7) is 0. The number of benzene rings is 1. The van der Waals surface area contributed by atoms with Crippen LogP contribution in [0.1, 0.15) is 16.8 Å². The van der Waals surface area contributed by atoms with Gasteiger partial charge < -0.3 is 0 Å².